The van der Waals surface area contributed by atoms with Gasteiger partial charge in [0.1, 0.15) is 11.6 Å². The van der Waals surface area contributed by atoms with Crippen molar-refractivity contribution in [1.29, 1.82) is 0 Å². The Hall–Kier alpha value is -2.95. The third-order valence-corrected chi connectivity index (χ3v) is 2.83. The summed E-state index contributed by atoms with van der Waals surface area (Å²) in [4.78, 5) is 11.6. The van der Waals surface area contributed by atoms with E-state index in [0.29, 0.717) is 5.75 Å². The Morgan fingerprint density at radius 3 is 2.57 bits per heavy atom. The second-order valence-corrected chi connectivity index (χ2v) is 4.83. The molecule has 2 aromatic rings. The highest BCUT2D eigenvalue weighted by Gasteiger charge is 2.01. The molecule has 4 nitrogen and oxygen atoms in total. The summed E-state index contributed by atoms with van der Waals surface area (Å²) in [6.07, 6.45) is 3.51. The standard InChI is InChI=1S/C18H17FN2O2/c1-14(11-15-5-3-2-4-6-15)12-20-21-18(22)13-23-17-9-7-16(19)8-10-17/h2-12H,13H2,1H3,(H,21,22)/b14-11-,20-12+. The van der Waals surface area contributed by atoms with Crippen molar-refractivity contribution in [2.75, 3.05) is 6.61 Å². The molecule has 2 rings (SSSR count). The molecule has 0 atom stereocenters. The molecule has 5 heteroatoms. The molecule has 0 heterocycles. The second kappa shape index (κ2) is 8.48. The zero-order chi connectivity index (χ0) is 16.5. The van der Waals surface area contributed by atoms with Crippen molar-refractivity contribution in [3.63, 3.8) is 0 Å². The number of hydrogen-bond donors (Lipinski definition) is 1. The van der Waals surface area contributed by atoms with E-state index in [1.807, 2.05) is 43.3 Å². The molecule has 0 unspecified atom stereocenters. The number of carbonyl (C=O) groups is 1. The van der Waals surface area contributed by atoms with E-state index in [1.54, 1.807) is 6.21 Å². The summed E-state index contributed by atoms with van der Waals surface area (Å²) in [7, 11) is 0. The summed E-state index contributed by atoms with van der Waals surface area (Å²) in [5, 5.41) is 3.86. The highest BCUT2D eigenvalue weighted by Crippen LogP contribution is 2.10. The zero-order valence-corrected chi connectivity index (χ0v) is 12.7. The first-order valence-electron chi connectivity index (χ1n) is 7.07. The van der Waals surface area contributed by atoms with Gasteiger partial charge in [0.05, 0.1) is 6.21 Å². The highest BCUT2D eigenvalue weighted by atomic mass is 19.1. The molecule has 1 N–H and O–H groups in total. The molecule has 0 saturated heterocycles. The van der Waals surface area contributed by atoms with E-state index in [1.165, 1.54) is 24.3 Å². The van der Waals surface area contributed by atoms with Gasteiger partial charge >= 0.3 is 0 Å². The Balaban J connectivity index is 1.77. The molecule has 0 aromatic heterocycles. The predicted molar refractivity (Wildman–Crippen MR) is 88.6 cm³/mol. The van der Waals surface area contributed by atoms with Gasteiger partial charge in [0.25, 0.3) is 5.91 Å². The lowest BCUT2D eigenvalue weighted by Gasteiger charge is -2.04. The Bertz CT molecular complexity index is 695. The quantitative estimate of drug-likeness (QED) is 0.656. The van der Waals surface area contributed by atoms with E-state index in [9.17, 15) is 9.18 Å². The first kappa shape index (κ1) is 16.4. The second-order valence-electron chi connectivity index (χ2n) is 4.83. The largest absolute Gasteiger partial charge is 0.484 e. The van der Waals surface area contributed by atoms with Crippen molar-refractivity contribution >= 4 is 18.2 Å². The molecule has 0 radical (unpaired) electrons. The number of allylic oxidation sites excluding steroid dienone is 1. The smallest absolute Gasteiger partial charge is 0.277 e. The molecule has 118 valence electrons. The Kier molecular flexibility index (Phi) is 6.06. The van der Waals surface area contributed by atoms with Gasteiger partial charge in [-0.1, -0.05) is 36.4 Å². The molecule has 0 aliphatic heterocycles. The summed E-state index contributed by atoms with van der Waals surface area (Å²) in [5.41, 5.74) is 4.33. The van der Waals surface area contributed by atoms with Gasteiger partial charge in [0.15, 0.2) is 6.61 Å². The SMILES string of the molecule is CC(=C/c1ccccc1)/C=N/NC(=O)COc1ccc(F)cc1. The van der Waals surface area contributed by atoms with Crippen molar-refractivity contribution in [3.8, 4) is 5.75 Å². The molecule has 0 aliphatic rings. The lowest BCUT2D eigenvalue weighted by molar-refractivity contribution is -0.123. The van der Waals surface area contributed by atoms with Crippen LogP contribution in [-0.4, -0.2) is 18.7 Å². The van der Waals surface area contributed by atoms with Crippen LogP contribution in [0.2, 0.25) is 0 Å². The van der Waals surface area contributed by atoms with Crippen LogP contribution in [0.5, 0.6) is 5.75 Å². The first-order chi connectivity index (χ1) is 11.1. The number of nitrogens with one attached hydrogen (secondary N) is 1. The summed E-state index contributed by atoms with van der Waals surface area (Å²) < 4.78 is 17.9. The van der Waals surface area contributed by atoms with Crippen LogP contribution >= 0.6 is 0 Å². The van der Waals surface area contributed by atoms with Crippen LogP contribution in [0.4, 0.5) is 4.39 Å². The van der Waals surface area contributed by atoms with Gasteiger partial charge in [-0.25, -0.2) is 9.82 Å². The molecule has 2 aromatic carbocycles. The number of hydrazone groups is 1. The summed E-state index contributed by atoms with van der Waals surface area (Å²) in [5.74, 6) is -0.323. The number of benzene rings is 2. The Morgan fingerprint density at radius 1 is 1.17 bits per heavy atom. The monoisotopic (exact) mass is 312 g/mol. The predicted octanol–water partition coefficient (Wildman–Crippen LogP) is 3.41. The fraction of sp³-hybridized carbons (Fsp3) is 0.111. The van der Waals surface area contributed by atoms with Crippen molar-refractivity contribution in [2.45, 2.75) is 6.92 Å². The number of amides is 1. The molecule has 0 saturated carbocycles. The van der Waals surface area contributed by atoms with E-state index >= 15 is 0 Å². The lowest BCUT2D eigenvalue weighted by atomic mass is 10.1. The maximum atomic E-state index is 12.7. The van der Waals surface area contributed by atoms with E-state index in [-0.39, 0.29) is 12.4 Å². The van der Waals surface area contributed by atoms with Gasteiger partial charge < -0.3 is 4.74 Å². The number of rotatable bonds is 6. The van der Waals surface area contributed by atoms with Gasteiger partial charge in [-0.05, 0) is 42.3 Å². The number of hydrogen-bond acceptors (Lipinski definition) is 3. The molecule has 0 fully saturated rings. The van der Waals surface area contributed by atoms with Crippen molar-refractivity contribution in [3.05, 3.63) is 71.6 Å². The number of halogens is 1. The van der Waals surface area contributed by atoms with E-state index in [4.69, 9.17) is 4.74 Å². The molecule has 0 bridgehead atoms. The topological polar surface area (TPSA) is 50.7 Å². The number of carbonyl (C=O) groups excluding carboxylic acids is 1. The lowest BCUT2D eigenvalue weighted by Crippen LogP contribution is -2.24. The average molecular weight is 312 g/mol. The molecular weight excluding hydrogens is 295 g/mol. The molecule has 1 amide bonds. The average Bonchev–Trinajstić information content (AvgIpc) is 2.55. The van der Waals surface area contributed by atoms with Gasteiger partial charge in [-0.2, -0.15) is 5.10 Å². The minimum atomic E-state index is -0.391. The maximum absolute atomic E-state index is 12.7. The van der Waals surface area contributed by atoms with Crippen LogP contribution < -0.4 is 10.2 Å². The van der Waals surface area contributed by atoms with Crippen LogP contribution in [0.15, 0.2) is 65.3 Å². The van der Waals surface area contributed by atoms with Crippen molar-refractivity contribution in [1.82, 2.24) is 5.43 Å². The summed E-state index contributed by atoms with van der Waals surface area (Å²) >= 11 is 0. The minimum Gasteiger partial charge on any atom is -0.484 e. The number of nitrogens with zero attached hydrogens (tertiary/aromatic N) is 1. The molecular formula is C18H17FN2O2. The Morgan fingerprint density at radius 2 is 1.87 bits per heavy atom. The van der Waals surface area contributed by atoms with E-state index < -0.39 is 5.91 Å². The van der Waals surface area contributed by atoms with Crippen LogP contribution in [0.3, 0.4) is 0 Å². The van der Waals surface area contributed by atoms with E-state index in [0.717, 1.165) is 11.1 Å². The number of ether oxygens (including phenoxy) is 1. The van der Waals surface area contributed by atoms with Gasteiger partial charge in [0.2, 0.25) is 0 Å². The van der Waals surface area contributed by atoms with E-state index in [2.05, 4.69) is 10.5 Å². The summed E-state index contributed by atoms with van der Waals surface area (Å²) in [6.45, 7) is 1.70. The minimum absolute atomic E-state index is 0.190. The van der Waals surface area contributed by atoms with Crippen LogP contribution in [-0.2, 0) is 4.79 Å². The van der Waals surface area contributed by atoms with Crippen LogP contribution in [0.25, 0.3) is 6.08 Å². The highest BCUT2D eigenvalue weighted by molar-refractivity contribution is 5.86. The van der Waals surface area contributed by atoms with Gasteiger partial charge in [-0.3, -0.25) is 4.79 Å². The fourth-order valence-electron chi connectivity index (χ4n) is 1.77. The third-order valence-electron chi connectivity index (χ3n) is 2.83. The van der Waals surface area contributed by atoms with Crippen LogP contribution in [0, 0.1) is 5.82 Å². The molecule has 0 aliphatic carbocycles. The molecule has 0 spiro atoms. The first-order valence-corrected chi connectivity index (χ1v) is 7.07. The zero-order valence-electron chi connectivity index (χ0n) is 12.7. The van der Waals surface area contributed by atoms with Gasteiger partial charge in [0, 0.05) is 0 Å². The van der Waals surface area contributed by atoms with Crippen molar-refractivity contribution < 1.29 is 13.9 Å². The summed E-state index contributed by atoms with van der Waals surface area (Å²) in [6, 6.07) is 15.3. The normalized spacial score (nSPS) is 11.5. The fourth-order valence-corrected chi connectivity index (χ4v) is 1.77. The van der Waals surface area contributed by atoms with Crippen molar-refractivity contribution in [2.24, 2.45) is 5.10 Å². The maximum Gasteiger partial charge on any atom is 0.277 e. The van der Waals surface area contributed by atoms with Crippen LogP contribution in [0.1, 0.15) is 12.5 Å². The third kappa shape index (κ3) is 6.13. The Labute approximate surface area is 134 Å². The molecule has 23 heavy (non-hydrogen) atoms. The van der Waals surface area contributed by atoms with Gasteiger partial charge in [-0.15, -0.1) is 0 Å².